The molecule has 2 heterocycles. The number of aryl methyl sites for hydroxylation is 1. The third-order valence-corrected chi connectivity index (χ3v) is 4.48. The van der Waals surface area contributed by atoms with Crippen molar-refractivity contribution < 1.29 is 9.53 Å². The number of nitrogens with zero attached hydrogens (tertiary/aromatic N) is 3. The van der Waals surface area contributed by atoms with E-state index in [9.17, 15) is 4.79 Å². The van der Waals surface area contributed by atoms with Crippen molar-refractivity contribution in [1.82, 2.24) is 14.7 Å². The Morgan fingerprint density at radius 2 is 2.17 bits per heavy atom. The Labute approximate surface area is 143 Å². The average molecular weight is 327 g/mol. The summed E-state index contributed by atoms with van der Waals surface area (Å²) in [6, 6.07) is 9.95. The summed E-state index contributed by atoms with van der Waals surface area (Å²) in [5.74, 6) is 0.0643. The summed E-state index contributed by atoms with van der Waals surface area (Å²) in [6.07, 6.45) is 5.41. The van der Waals surface area contributed by atoms with Gasteiger partial charge in [-0.05, 0) is 37.8 Å². The van der Waals surface area contributed by atoms with E-state index in [0.29, 0.717) is 6.61 Å². The van der Waals surface area contributed by atoms with Crippen LogP contribution in [0, 0.1) is 6.92 Å². The minimum atomic E-state index is -0.517. The normalized spacial score (nSPS) is 18.8. The fourth-order valence-corrected chi connectivity index (χ4v) is 3.35. The topological polar surface area (TPSA) is 47.4 Å². The molecular weight excluding hydrogens is 302 g/mol. The van der Waals surface area contributed by atoms with Crippen LogP contribution in [0.5, 0.6) is 0 Å². The molecule has 2 aromatic rings. The van der Waals surface area contributed by atoms with Crippen LogP contribution >= 0.6 is 0 Å². The van der Waals surface area contributed by atoms with E-state index in [-0.39, 0.29) is 11.9 Å². The number of aromatic nitrogens is 2. The van der Waals surface area contributed by atoms with E-state index in [1.54, 1.807) is 0 Å². The molecule has 0 spiro atoms. The molecular formula is C19H25N3O2. The molecule has 1 aromatic carbocycles. The third-order valence-electron chi connectivity index (χ3n) is 4.48. The molecule has 1 aromatic heterocycles. The lowest BCUT2D eigenvalue weighted by Gasteiger charge is -2.29. The second-order valence-corrected chi connectivity index (χ2v) is 6.31. The van der Waals surface area contributed by atoms with Crippen LogP contribution in [0.3, 0.4) is 0 Å². The molecule has 1 amide bonds. The highest BCUT2D eigenvalue weighted by atomic mass is 16.5. The van der Waals surface area contributed by atoms with Gasteiger partial charge >= 0.3 is 0 Å². The van der Waals surface area contributed by atoms with Crippen LogP contribution < -0.4 is 0 Å². The van der Waals surface area contributed by atoms with Gasteiger partial charge in [-0.1, -0.05) is 30.3 Å². The number of hydrogen-bond donors (Lipinski definition) is 0. The molecule has 1 saturated heterocycles. The van der Waals surface area contributed by atoms with Gasteiger partial charge in [0.05, 0.1) is 18.8 Å². The first kappa shape index (κ1) is 16.7. The molecule has 0 N–H and O–H groups in total. The first-order valence-corrected chi connectivity index (χ1v) is 8.65. The minimum absolute atomic E-state index is 0.0643. The first-order valence-electron chi connectivity index (χ1n) is 8.65. The smallest absolute Gasteiger partial charge is 0.256 e. The van der Waals surface area contributed by atoms with Gasteiger partial charge in [-0.3, -0.25) is 9.48 Å². The number of ether oxygens (including phenoxy) is 1. The number of amides is 1. The molecule has 3 rings (SSSR count). The lowest BCUT2D eigenvalue weighted by molar-refractivity contribution is -0.145. The highest BCUT2D eigenvalue weighted by Gasteiger charge is 2.34. The fraction of sp³-hybridized carbons (Fsp3) is 0.474. The van der Waals surface area contributed by atoms with Crippen molar-refractivity contribution in [1.29, 1.82) is 0 Å². The number of carbonyl (C=O) groups is 1. The Morgan fingerprint density at radius 3 is 2.83 bits per heavy atom. The van der Waals surface area contributed by atoms with Crippen molar-refractivity contribution >= 4 is 5.91 Å². The highest BCUT2D eigenvalue weighted by molar-refractivity contribution is 5.83. The van der Waals surface area contributed by atoms with Crippen molar-refractivity contribution in [2.45, 2.75) is 45.4 Å². The number of likely N-dealkylation sites (tertiary alicyclic amines) is 1. The van der Waals surface area contributed by atoms with Gasteiger partial charge in [-0.25, -0.2) is 0 Å². The van der Waals surface area contributed by atoms with E-state index in [4.69, 9.17) is 4.74 Å². The number of benzene rings is 1. The average Bonchev–Trinajstić information content (AvgIpc) is 3.22. The molecule has 0 saturated carbocycles. The van der Waals surface area contributed by atoms with E-state index in [1.165, 1.54) is 0 Å². The van der Waals surface area contributed by atoms with Gasteiger partial charge in [-0.2, -0.15) is 5.10 Å². The van der Waals surface area contributed by atoms with Crippen LogP contribution in [-0.4, -0.2) is 39.8 Å². The van der Waals surface area contributed by atoms with E-state index in [2.05, 4.69) is 5.10 Å². The molecule has 1 aliphatic heterocycles. The molecule has 0 radical (unpaired) electrons. The Balaban J connectivity index is 1.75. The predicted octanol–water partition coefficient (Wildman–Crippen LogP) is 2.96. The largest absolute Gasteiger partial charge is 0.364 e. The first-order chi connectivity index (χ1) is 11.7. The molecule has 0 aliphatic carbocycles. The van der Waals surface area contributed by atoms with Crippen LogP contribution in [0.2, 0.25) is 0 Å². The van der Waals surface area contributed by atoms with E-state index < -0.39 is 6.10 Å². The maximum atomic E-state index is 13.1. The zero-order valence-corrected chi connectivity index (χ0v) is 14.4. The van der Waals surface area contributed by atoms with Crippen molar-refractivity contribution in [3.63, 3.8) is 0 Å². The molecule has 5 heteroatoms. The maximum Gasteiger partial charge on any atom is 0.256 e. The molecule has 24 heavy (non-hydrogen) atoms. The monoisotopic (exact) mass is 327 g/mol. The van der Waals surface area contributed by atoms with E-state index in [0.717, 1.165) is 37.1 Å². The SMILES string of the molecule is CCO[C@H](C(=O)N1CCC[C@@H]1Cn1cc(C)cn1)c1ccccc1. The zero-order valence-electron chi connectivity index (χ0n) is 14.4. The van der Waals surface area contributed by atoms with Crippen molar-refractivity contribution in [2.24, 2.45) is 0 Å². The van der Waals surface area contributed by atoms with Crippen LogP contribution in [0.15, 0.2) is 42.7 Å². The summed E-state index contributed by atoms with van der Waals surface area (Å²) in [7, 11) is 0. The second-order valence-electron chi connectivity index (χ2n) is 6.31. The van der Waals surface area contributed by atoms with Crippen molar-refractivity contribution in [2.75, 3.05) is 13.2 Å². The molecule has 128 valence electrons. The van der Waals surface area contributed by atoms with Gasteiger partial charge in [0.1, 0.15) is 0 Å². The molecule has 1 aliphatic rings. The van der Waals surface area contributed by atoms with Crippen LogP contribution in [0.1, 0.15) is 37.0 Å². The van der Waals surface area contributed by atoms with Gasteiger partial charge in [0.15, 0.2) is 6.10 Å². The molecule has 5 nitrogen and oxygen atoms in total. The van der Waals surface area contributed by atoms with Crippen LogP contribution in [-0.2, 0) is 16.1 Å². The van der Waals surface area contributed by atoms with Crippen LogP contribution in [0.25, 0.3) is 0 Å². The third kappa shape index (κ3) is 3.67. The summed E-state index contributed by atoms with van der Waals surface area (Å²) in [6.45, 7) is 6.01. The van der Waals surface area contributed by atoms with E-state index in [1.807, 2.05) is 66.2 Å². The van der Waals surface area contributed by atoms with Crippen molar-refractivity contribution in [3.05, 3.63) is 53.9 Å². The molecule has 2 atom stereocenters. The number of hydrogen-bond acceptors (Lipinski definition) is 3. The van der Waals surface area contributed by atoms with Gasteiger partial charge in [0.25, 0.3) is 5.91 Å². The predicted molar refractivity (Wildman–Crippen MR) is 92.5 cm³/mol. The Morgan fingerprint density at radius 1 is 1.38 bits per heavy atom. The van der Waals surface area contributed by atoms with Crippen LogP contribution in [0.4, 0.5) is 0 Å². The number of rotatable bonds is 6. The number of carbonyl (C=O) groups excluding carboxylic acids is 1. The Bertz CT molecular complexity index is 668. The quantitative estimate of drug-likeness (QED) is 0.819. The molecule has 0 bridgehead atoms. The van der Waals surface area contributed by atoms with Gasteiger partial charge < -0.3 is 9.64 Å². The van der Waals surface area contributed by atoms with Gasteiger partial charge in [0.2, 0.25) is 0 Å². The standard InChI is InChI=1S/C19H25N3O2/c1-3-24-18(16-8-5-4-6-9-16)19(23)22-11-7-10-17(22)14-21-13-15(2)12-20-21/h4-6,8-9,12-13,17-18H,3,7,10-11,14H2,1-2H3/t17-,18+/m1/s1. The summed E-state index contributed by atoms with van der Waals surface area (Å²) in [4.78, 5) is 15.1. The summed E-state index contributed by atoms with van der Waals surface area (Å²) >= 11 is 0. The van der Waals surface area contributed by atoms with E-state index >= 15 is 0 Å². The highest BCUT2D eigenvalue weighted by Crippen LogP contribution is 2.26. The summed E-state index contributed by atoms with van der Waals surface area (Å²) in [5.41, 5.74) is 2.06. The lowest BCUT2D eigenvalue weighted by Crippen LogP contribution is -2.41. The summed E-state index contributed by atoms with van der Waals surface area (Å²) < 4.78 is 7.73. The fourth-order valence-electron chi connectivity index (χ4n) is 3.35. The molecule has 0 unspecified atom stereocenters. The maximum absolute atomic E-state index is 13.1. The zero-order chi connectivity index (χ0) is 16.9. The lowest BCUT2D eigenvalue weighted by atomic mass is 10.1. The van der Waals surface area contributed by atoms with Gasteiger partial charge in [-0.15, -0.1) is 0 Å². The Hall–Kier alpha value is -2.14. The summed E-state index contributed by atoms with van der Waals surface area (Å²) in [5, 5.41) is 4.36. The minimum Gasteiger partial charge on any atom is -0.364 e. The van der Waals surface area contributed by atoms with Gasteiger partial charge in [0, 0.05) is 19.3 Å². The molecule has 1 fully saturated rings. The van der Waals surface area contributed by atoms with Crippen molar-refractivity contribution in [3.8, 4) is 0 Å². The second kappa shape index (κ2) is 7.62. The Kier molecular flexibility index (Phi) is 5.30.